The van der Waals surface area contributed by atoms with Gasteiger partial charge in [-0.25, -0.2) is 9.78 Å². The summed E-state index contributed by atoms with van der Waals surface area (Å²) in [4.78, 5) is 33.2. The van der Waals surface area contributed by atoms with Gasteiger partial charge in [0, 0.05) is 18.5 Å². The van der Waals surface area contributed by atoms with Gasteiger partial charge in [0.15, 0.2) is 17.0 Å². The molecule has 30 heavy (non-hydrogen) atoms. The van der Waals surface area contributed by atoms with E-state index in [9.17, 15) is 9.59 Å². The lowest BCUT2D eigenvalue weighted by molar-refractivity contribution is 0.212. The van der Waals surface area contributed by atoms with Crippen LogP contribution in [0.2, 0.25) is 0 Å². The Morgan fingerprint density at radius 3 is 2.80 bits per heavy atom. The fourth-order valence-corrected chi connectivity index (χ4v) is 3.14. The highest BCUT2D eigenvalue weighted by molar-refractivity contribution is 5.71. The van der Waals surface area contributed by atoms with E-state index in [1.165, 1.54) is 7.05 Å². The van der Waals surface area contributed by atoms with Crippen LogP contribution in [-0.2, 0) is 11.8 Å². The maximum Gasteiger partial charge on any atom is 0.329 e. The Morgan fingerprint density at radius 1 is 1.23 bits per heavy atom. The fourth-order valence-electron chi connectivity index (χ4n) is 3.14. The van der Waals surface area contributed by atoms with Crippen molar-refractivity contribution in [2.75, 3.05) is 27.2 Å². The second-order valence-electron chi connectivity index (χ2n) is 7.64. The predicted octanol–water partition coefficient (Wildman–Crippen LogP) is 1.63. The Bertz CT molecular complexity index is 1110. The molecule has 0 aliphatic heterocycles. The van der Waals surface area contributed by atoms with Gasteiger partial charge >= 0.3 is 5.69 Å². The van der Waals surface area contributed by atoms with E-state index in [2.05, 4.69) is 39.2 Å². The zero-order valence-electron chi connectivity index (χ0n) is 17.9. The summed E-state index contributed by atoms with van der Waals surface area (Å²) >= 11 is 0. The molecule has 0 saturated carbocycles. The predicted molar refractivity (Wildman–Crippen MR) is 116 cm³/mol. The van der Waals surface area contributed by atoms with Crippen LogP contribution < -0.4 is 11.2 Å². The van der Waals surface area contributed by atoms with Crippen molar-refractivity contribution in [3.63, 3.8) is 0 Å². The van der Waals surface area contributed by atoms with Crippen molar-refractivity contribution in [1.82, 2.24) is 29.6 Å². The summed E-state index contributed by atoms with van der Waals surface area (Å²) in [5, 5.41) is 8.13. The van der Waals surface area contributed by atoms with E-state index < -0.39 is 11.2 Å². The minimum atomic E-state index is -0.544. The molecule has 0 amide bonds. The number of unbranched alkanes of at least 4 members (excludes halogenated alkanes) is 1. The maximum atomic E-state index is 12.4. The molecule has 2 aromatic rings. The number of aromatic nitrogens is 5. The van der Waals surface area contributed by atoms with Crippen LogP contribution in [-0.4, -0.2) is 56.9 Å². The molecule has 1 aliphatic carbocycles. The van der Waals surface area contributed by atoms with Gasteiger partial charge in [-0.2, -0.15) is 0 Å². The lowest BCUT2D eigenvalue weighted by atomic mass is 9.96. The van der Waals surface area contributed by atoms with Crippen LogP contribution in [0.3, 0.4) is 0 Å². The van der Waals surface area contributed by atoms with Crippen molar-refractivity contribution in [2.24, 2.45) is 13.0 Å². The molecule has 0 spiro atoms. The van der Waals surface area contributed by atoms with Crippen molar-refractivity contribution in [3.05, 3.63) is 56.7 Å². The molecule has 0 radical (unpaired) electrons. The van der Waals surface area contributed by atoms with Gasteiger partial charge in [-0.15, -0.1) is 10.2 Å². The molecule has 1 N–H and O–H groups in total. The van der Waals surface area contributed by atoms with E-state index in [1.807, 2.05) is 31.2 Å². The SMILES string of the molecule is CC1C=C/C(OCCCCN(C)C)=C\C/C=C\1c1nnc2[nH]c(=O)n(C)c(=O)c2n1. The first-order valence-electron chi connectivity index (χ1n) is 10.1. The minimum absolute atomic E-state index is 0.0110. The molecule has 0 fully saturated rings. The normalized spacial score (nSPS) is 20.4. The molecule has 1 aliphatic rings. The van der Waals surface area contributed by atoms with Crippen molar-refractivity contribution < 1.29 is 4.74 Å². The van der Waals surface area contributed by atoms with E-state index in [-0.39, 0.29) is 17.1 Å². The number of fused-ring (bicyclic) bond motifs is 1. The third kappa shape index (κ3) is 5.10. The van der Waals surface area contributed by atoms with Crippen molar-refractivity contribution >= 4 is 16.7 Å². The van der Waals surface area contributed by atoms with Gasteiger partial charge in [0.1, 0.15) is 5.76 Å². The largest absolute Gasteiger partial charge is 0.494 e. The summed E-state index contributed by atoms with van der Waals surface area (Å²) in [5.41, 5.74) is 0.0154. The van der Waals surface area contributed by atoms with E-state index in [1.54, 1.807) is 0 Å². The smallest absolute Gasteiger partial charge is 0.329 e. The Kier molecular flexibility index (Phi) is 6.94. The van der Waals surface area contributed by atoms with Crippen LogP contribution >= 0.6 is 0 Å². The van der Waals surface area contributed by atoms with Gasteiger partial charge in [0.25, 0.3) is 5.56 Å². The van der Waals surface area contributed by atoms with E-state index in [4.69, 9.17) is 4.74 Å². The number of H-pyrrole nitrogens is 1. The Labute approximate surface area is 174 Å². The molecule has 0 bridgehead atoms. The number of hydrogen-bond donors (Lipinski definition) is 1. The zero-order chi connectivity index (χ0) is 21.7. The average molecular weight is 412 g/mol. The molecule has 3 rings (SSSR count). The summed E-state index contributed by atoms with van der Waals surface area (Å²) in [5.74, 6) is 1.24. The lowest BCUT2D eigenvalue weighted by Gasteiger charge is -2.15. The van der Waals surface area contributed by atoms with Crippen molar-refractivity contribution in [3.8, 4) is 0 Å². The second-order valence-corrected chi connectivity index (χ2v) is 7.64. The van der Waals surface area contributed by atoms with Crippen LogP contribution in [0.15, 0.2) is 39.7 Å². The molecule has 2 aromatic heterocycles. The van der Waals surface area contributed by atoms with Crippen molar-refractivity contribution in [1.29, 1.82) is 0 Å². The Hall–Kier alpha value is -3.07. The molecule has 0 aromatic carbocycles. The van der Waals surface area contributed by atoms with Crippen LogP contribution in [0.4, 0.5) is 0 Å². The summed E-state index contributed by atoms with van der Waals surface area (Å²) in [6.45, 7) is 3.77. The van der Waals surface area contributed by atoms with Gasteiger partial charge < -0.3 is 9.64 Å². The summed E-state index contributed by atoms with van der Waals surface area (Å²) in [6, 6.07) is 0. The van der Waals surface area contributed by atoms with Crippen LogP contribution in [0.25, 0.3) is 16.7 Å². The number of ether oxygens (including phenoxy) is 1. The number of allylic oxidation sites excluding steroid dienone is 5. The first-order chi connectivity index (χ1) is 14.4. The Balaban J connectivity index is 1.76. The molecule has 9 nitrogen and oxygen atoms in total. The molecular weight excluding hydrogens is 384 g/mol. The molecule has 9 heteroatoms. The maximum absolute atomic E-state index is 12.4. The molecule has 1 atom stereocenters. The highest BCUT2D eigenvalue weighted by atomic mass is 16.5. The van der Waals surface area contributed by atoms with Gasteiger partial charge in [0.05, 0.1) is 6.61 Å². The quantitative estimate of drug-likeness (QED) is 0.689. The fraction of sp³-hybridized carbons (Fsp3) is 0.476. The summed E-state index contributed by atoms with van der Waals surface area (Å²) in [6.07, 6.45) is 10.8. The average Bonchev–Trinajstić information content (AvgIpc) is 2.70. The number of nitrogens with zero attached hydrogens (tertiary/aromatic N) is 5. The van der Waals surface area contributed by atoms with E-state index in [0.717, 1.165) is 35.3 Å². The first kappa shape index (κ1) is 21.6. The van der Waals surface area contributed by atoms with E-state index in [0.29, 0.717) is 18.9 Å². The summed E-state index contributed by atoms with van der Waals surface area (Å²) in [7, 11) is 5.53. The molecule has 2 heterocycles. The van der Waals surface area contributed by atoms with E-state index >= 15 is 0 Å². The number of rotatable bonds is 7. The monoisotopic (exact) mass is 412 g/mol. The van der Waals surface area contributed by atoms with Crippen molar-refractivity contribution in [2.45, 2.75) is 26.2 Å². The Morgan fingerprint density at radius 2 is 2.03 bits per heavy atom. The molecule has 1 unspecified atom stereocenters. The second kappa shape index (κ2) is 9.62. The molecule has 160 valence electrons. The highest BCUT2D eigenvalue weighted by Crippen LogP contribution is 2.25. The van der Waals surface area contributed by atoms with Gasteiger partial charge in [-0.05, 0) is 52.1 Å². The zero-order valence-corrected chi connectivity index (χ0v) is 17.9. The molecular formula is C21H28N6O3. The van der Waals surface area contributed by atoms with Crippen LogP contribution in [0.1, 0.15) is 32.0 Å². The topological polar surface area (TPSA) is 106 Å². The number of hydrogen-bond acceptors (Lipinski definition) is 7. The third-order valence-corrected chi connectivity index (χ3v) is 4.95. The van der Waals surface area contributed by atoms with Gasteiger partial charge in [-0.3, -0.25) is 14.3 Å². The number of aromatic amines is 1. The molecule has 0 saturated heterocycles. The van der Waals surface area contributed by atoms with Crippen LogP contribution in [0, 0.1) is 5.92 Å². The van der Waals surface area contributed by atoms with Gasteiger partial charge in [-0.1, -0.05) is 19.1 Å². The van der Waals surface area contributed by atoms with Crippen LogP contribution in [0.5, 0.6) is 0 Å². The highest BCUT2D eigenvalue weighted by Gasteiger charge is 2.16. The summed E-state index contributed by atoms with van der Waals surface area (Å²) < 4.78 is 6.87. The first-order valence-corrected chi connectivity index (χ1v) is 10.1. The minimum Gasteiger partial charge on any atom is -0.494 e. The number of nitrogens with one attached hydrogen (secondary N) is 1. The third-order valence-electron chi connectivity index (χ3n) is 4.95. The standard InChI is InChI=1S/C21H28N6O3/c1-14-10-11-15(30-13-6-5-12-26(2)3)8-7-9-16(14)18-22-17-19(25-24-18)23-21(29)27(4)20(17)28/h8-11,14H,5-7,12-13H2,1-4H3,(H,23,25,29)/b11-10?,15-8+,16-9+. The lowest BCUT2D eigenvalue weighted by Crippen LogP contribution is -2.33. The van der Waals surface area contributed by atoms with Gasteiger partial charge in [0.2, 0.25) is 0 Å².